The van der Waals surface area contributed by atoms with Gasteiger partial charge in [-0.3, -0.25) is 4.79 Å². The molecule has 0 aromatic rings. The first-order valence-corrected chi connectivity index (χ1v) is 12.1. The first-order chi connectivity index (χ1) is 13.7. The average molecular weight is 401 g/mol. The summed E-state index contributed by atoms with van der Waals surface area (Å²) >= 11 is 0. The van der Waals surface area contributed by atoms with Crippen LogP contribution >= 0.6 is 0 Å². The van der Waals surface area contributed by atoms with E-state index in [9.17, 15) is 4.79 Å². The number of unbranched alkanes of at least 4 members (excludes halogenated alkanes) is 7. The van der Waals surface area contributed by atoms with Gasteiger partial charge in [0.05, 0.1) is 19.8 Å². The van der Waals surface area contributed by atoms with Crippen molar-refractivity contribution in [2.75, 3.05) is 33.0 Å². The standard InChI is InChI=1S/C24H48O4/c1-4-7-10-12-16-23(15-9-6-3)22-28-24(25)17-14-19-27-21-20-26-18-13-11-8-5-2/h23H,4-22H2,1-3H3. The van der Waals surface area contributed by atoms with E-state index in [0.717, 1.165) is 19.4 Å². The van der Waals surface area contributed by atoms with Gasteiger partial charge in [0.15, 0.2) is 0 Å². The predicted molar refractivity (Wildman–Crippen MR) is 118 cm³/mol. The van der Waals surface area contributed by atoms with Gasteiger partial charge in [0, 0.05) is 19.6 Å². The molecule has 0 heterocycles. The summed E-state index contributed by atoms with van der Waals surface area (Å²) in [5, 5.41) is 0. The topological polar surface area (TPSA) is 44.8 Å². The van der Waals surface area contributed by atoms with E-state index in [1.807, 2.05) is 0 Å². The van der Waals surface area contributed by atoms with Gasteiger partial charge in [0.25, 0.3) is 0 Å². The second-order valence-corrected chi connectivity index (χ2v) is 7.93. The molecular formula is C24H48O4. The quantitative estimate of drug-likeness (QED) is 0.150. The van der Waals surface area contributed by atoms with Crippen LogP contribution in [0.1, 0.15) is 111 Å². The minimum Gasteiger partial charge on any atom is -0.465 e. The second kappa shape index (κ2) is 22.7. The van der Waals surface area contributed by atoms with Crippen molar-refractivity contribution in [2.45, 2.75) is 111 Å². The summed E-state index contributed by atoms with van der Waals surface area (Å²) in [6.07, 6.45) is 16.0. The summed E-state index contributed by atoms with van der Waals surface area (Å²) in [6, 6.07) is 0. The lowest BCUT2D eigenvalue weighted by Gasteiger charge is -2.16. The minimum absolute atomic E-state index is 0.0779. The number of carbonyl (C=O) groups is 1. The summed E-state index contributed by atoms with van der Waals surface area (Å²) < 4.78 is 16.6. The van der Waals surface area contributed by atoms with E-state index in [0.29, 0.717) is 38.8 Å². The zero-order chi connectivity index (χ0) is 20.7. The molecule has 0 aromatic carbocycles. The maximum absolute atomic E-state index is 12.0. The number of esters is 1. The number of hydrogen-bond acceptors (Lipinski definition) is 4. The van der Waals surface area contributed by atoms with E-state index in [2.05, 4.69) is 20.8 Å². The van der Waals surface area contributed by atoms with Crippen LogP contribution in [0.2, 0.25) is 0 Å². The highest BCUT2D eigenvalue weighted by Gasteiger charge is 2.11. The number of ether oxygens (including phenoxy) is 3. The van der Waals surface area contributed by atoms with Crippen molar-refractivity contribution in [2.24, 2.45) is 5.92 Å². The predicted octanol–water partition coefficient (Wildman–Crippen LogP) is 6.70. The molecule has 0 rings (SSSR count). The third-order valence-electron chi connectivity index (χ3n) is 5.10. The smallest absolute Gasteiger partial charge is 0.305 e. The lowest BCUT2D eigenvalue weighted by Crippen LogP contribution is -2.15. The van der Waals surface area contributed by atoms with Crippen molar-refractivity contribution in [1.29, 1.82) is 0 Å². The summed E-state index contributed by atoms with van der Waals surface area (Å²) in [5.74, 6) is 0.456. The van der Waals surface area contributed by atoms with Crippen molar-refractivity contribution in [3.63, 3.8) is 0 Å². The Balaban J connectivity index is 3.58. The Bertz CT molecular complexity index is 320. The molecule has 0 amide bonds. The Morgan fingerprint density at radius 1 is 0.643 bits per heavy atom. The highest BCUT2D eigenvalue weighted by molar-refractivity contribution is 5.69. The molecule has 168 valence electrons. The molecule has 0 aliphatic heterocycles. The molecule has 28 heavy (non-hydrogen) atoms. The Labute approximate surface area is 175 Å². The summed E-state index contributed by atoms with van der Waals surface area (Å²) in [7, 11) is 0. The summed E-state index contributed by atoms with van der Waals surface area (Å²) in [4.78, 5) is 12.0. The van der Waals surface area contributed by atoms with E-state index >= 15 is 0 Å². The Morgan fingerprint density at radius 3 is 1.86 bits per heavy atom. The Morgan fingerprint density at radius 2 is 1.21 bits per heavy atom. The average Bonchev–Trinajstić information content (AvgIpc) is 2.70. The molecule has 0 N–H and O–H groups in total. The normalized spacial score (nSPS) is 12.2. The molecule has 4 heteroatoms. The van der Waals surface area contributed by atoms with E-state index in [4.69, 9.17) is 14.2 Å². The van der Waals surface area contributed by atoms with E-state index in [-0.39, 0.29) is 5.97 Å². The van der Waals surface area contributed by atoms with Crippen LogP contribution in [0.4, 0.5) is 0 Å². The van der Waals surface area contributed by atoms with Gasteiger partial charge < -0.3 is 14.2 Å². The van der Waals surface area contributed by atoms with Crippen molar-refractivity contribution in [3.05, 3.63) is 0 Å². The zero-order valence-electron chi connectivity index (χ0n) is 19.1. The fourth-order valence-corrected chi connectivity index (χ4v) is 3.22. The fourth-order valence-electron chi connectivity index (χ4n) is 3.22. The van der Waals surface area contributed by atoms with Gasteiger partial charge in [-0.1, -0.05) is 78.6 Å². The molecule has 4 nitrogen and oxygen atoms in total. The monoisotopic (exact) mass is 400 g/mol. The molecule has 0 saturated carbocycles. The molecule has 0 aliphatic rings. The van der Waals surface area contributed by atoms with Crippen LogP contribution in [-0.4, -0.2) is 39.0 Å². The van der Waals surface area contributed by atoms with Crippen molar-refractivity contribution in [3.8, 4) is 0 Å². The molecule has 0 saturated heterocycles. The van der Waals surface area contributed by atoms with Crippen LogP contribution in [0.15, 0.2) is 0 Å². The highest BCUT2D eigenvalue weighted by Crippen LogP contribution is 2.18. The number of rotatable bonds is 22. The molecule has 0 bridgehead atoms. The molecular weight excluding hydrogens is 352 g/mol. The van der Waals surface area contributed by atoms with Gasteiger partial charge in [-0.15, -0.1) is 0 Å². The highest BCUT2D eigenvalue weighted by atomic mass is 16.5. The van der Waals surface area contributed by atoms with Gasteiger partial charge in [0.2, 0.25) is 0 Å². The van der Waals surface area contributed by atoms with Gasteiger partial charge >= 0.3 is 5.97 Å². The van der Waals surface area contributed by atoms with Crippen LogP contribution in [0.3, 0.4) is 0 Å². The first kappa shape index (κ1) is 27.4. The van der Waals surface area contributed by atoms with Crippen LogP contribution < -0.4 is 0 Å². The van der Waals surface area contributed by atoms with Crippen LogP contribution in [-0.2, 0) is 19.0 Å². The lowest BCUT2D eigenvalue weighted by molar-refractivity contribution is -0.145. The molecule has 0 spiro atoms. The van der Waals surface area contributed by atoms with Crippen molar-refractivity contribution in [1.82, 2.24) is 0 Å². The van der Waals surface area contributed by atoms with E-state index in [1.165, 1.54) is 70.6 Å². The molecule has 0 fully saturated rings. The van der Waals surface area contributed by atoms with Crippen LogP contribution in [0.5, 0.6) is 0 Å². The van der Waals surface area contributed by atoms with Gasteiger partial charge in [0.1, 0.15) is 0 Å². The number of carbonyl (C=O) groups excluding carboxylic acids is 1. The maximum atomic E-state index is 12.0. The fraction of sp³-hybridized carbons (Fsp3) is 0.958. The van der Waals surface area contributed by atoms with Gasteiger partial charge in [-0.05, 0) is 31.6 Å². The zero-order valence-corrected chi connectivity index (χ0v) is 19.1. The minimum atomic E-state index is -0.0779. The van der Waals surface area contributed by atoms with Gasteiger partial charge in [-0.25, -0.2) is 0 Å². The third kappa shape index (κ3) is 20.1. The molecule has 1 atom stereocenters. The SMILES string of the molecule is CCCCCCOCCOCCCC(=O)OCC(CCCC)CCCCCC. The van der Waals surface area contributed by atoms with Gasteiger partial charge in [-0.2, -0.15) is 0 Å². The van der Waals surface area contributed by atoms with Crippen molar-refractivity contribution < 1.29 is 19.0 Å². The summed E-state index contributed by atoms with van der Waals surface area (Å²) in [5.41, 5.74) is 0. The molecule has 0 radical (unpaired) electrons. The maximum Gasteiger partial charge on any atom is 0.305 e. The second-order valence-electron chi connectivity index (χ2n) is 7.93. The van der Waals surface area contributed by atoms with Crippen LogP contribution in [0, 0.1) is 5.92 Å². The third-order valence-corrected chi connectivity index (χ3v) is 5.10. The molecule has 0 aliphatic carbocycles. The molecule has 1 unspecified atom stereocenters. The number of hydrogen-bond donors (Lipinski definition) is 0. The first-order valence-electron chi connectivity index (χ1n) is 12.1. The lowest BCUT2D eigenvalue weighted by atomic mass is 9.96. The van der Waals surface area contributed by atoms with Crippen molar-refractivity contribution >= 4 is 5.97 Å². The Hall–Kier alpha value is -0.610. The van der Waals surface area contributed by atoms with E-state index < -0.39 is 0 Å². The Kier molecular flexibility index (Phi) is 22.2. The molecule has 0 aromatic heterocycles. The van der Waals surface area contributed by atoms with Crippen LogP contribution in [0.25, 0.3) is 0 Å². The largest absolute Gasteiger partial charge is 0.465 e. The van der Waals surface area contributed by atoms with E-state index in [1.54, 1.807) is 0 Å². The summed E-state index contributed by atoms with van der Waals surface area (Å²) in [6.45, 7) is 9.95.